The van der Waals surface area contributed by atoms with E-state index >= 15 is 0 Å². The van der Waals surface area contributed by atoms with Gasteiger partial charge in [0.05, 0.1) is 30.8 Å². The summed E-state index contributed by atoms with van der Waals surface area (Å²) in [7, 11) is 5.17. The molecule has 0 N–H and O–H groups in total. The molecule has 0 saturated heterocycles. The van der Waals surface area contributed by atoms with Crippen molar-refractivity contribution in [3.63, 3.8) is 0 Å². The Morgan fingerprint density at radius 2 is 1.79 bits per heavy atom. The number of fused-ring (bicyclic) bond motifs is 1. The summed E-state index contributed by atoms with van der Waals surface area (Å²) >= 11 is 0. The molecule has 0 aliphatic carbocycles. The standard InChI is InChI=1S/C20H19NO3/c1-5-13-9-16(24-4)11-18-20(13)19(22)12-17(21(18)2)14-7-6-8-15(10-14)23-3/h5-12H,1H2,2-4H3. The minimum absolute atomic E-state index is 0.0431. The highest BCUT2D eigenvalue weighted by Gasteiger charge is 2.13. The van der Waals surface area contributed by atoms with Gasteiger partial charge >= 0.3 is 0 Å². The van der Waals surface area contributed by atoms with Crippen molar-refractivity contribution in [2.24, 2.45) is 7.05 Å². The Morgan fingerprint density at radius 3 is 2.46 bits per heavy atom. The fraction of sp³-hybridized carbons (Fsp3) is 0.150. The van der Waals surface area contributed by atoms with E-state index in [0.717, 1.165) is 28.1 Å². The van der Waals surface area contributed by atoms with Crippen LogP contribution in [0.15, 0.2) is 53.8 Å². The van der Waals surface area contributed by atoms with Gasteiger partial charge in [-0.1, -0.05) is 24.8 Å². The molecular formula is C20H19NO3. The molecule has 0 amide bonds. The van der Waals surface area contributed by atoms with Crippen LogP contribution >= 0.6 is 0 Å². The highest BCUT2D eigenvalue weighted by molar-refractivity contribution is 5.91. The average Bonchev–Trinajstić information content (AvgIpc) is 2.63. The maximum Gasteiger partial charge on any atom is 0.190 e. The zero-order chi connectivity index (χ0) is 17.3. The van der Waals surface area contributed by atoms with E-state index in [0.29, 0.717) is 11.1 Å². The molecule has 24 heavy (non-hydrogen) atoms. The second kappa shape index (κ2) is 6.24. The van der Waals surface area contributed by atoms with Gasteiger partial charge in [0.25, 0.3) is 0 Å². The first-order valence-electron chi connectivity index (χ1n) is 7.57. The normalized spacial score (nSPS) is 10.6. The van der Waals surface area contributed by atoms with Gasteiger partial charge in [0.1, 0.15) is 11.5 Å². The number of pyridine rings is 1. The summed E-state index contributed by atoms with van der Waals surface area (Å²) in [6.45, 7) is 3.81. The first-order valence-corrected chi connectivity index (χ1v) is 7.57. The molecule has 2 aromatic carbocycles. The zero-order valence-corrected chi connectivity index (χ0v) is 14.0. The fourth-order valence-corrected chi connectivity index (χ4v) is 2.92. The number of rotatable bonds is 4. The molecule has 0 spiro atoms. The molecule has 0 bridgehead atoms. The predicted molar refractivity (Wildman–Crippen MR) is 97.8 cm³/mol. The van der Waals surface area contributed by atoms with E-state index in [1.54, 1.807) is 26.4 Å². The summed E-state index contributed by atoms with van der Waals surface area (Å²) in [4.78, 5) is 12.7. The number of aromatic nitrogens is 1. The molecule has 0 unspecified atom stereocenters. The monoisotopic (exact) mass is 321 g/mol. The quantitative estimate of drug-likeness (QED) is 0.732. The molecule has 4 heteroatoms. The van der Waals surface area contributed by atoms with Crippen LogP contribution in [0, 0.1) is 0 Å². The smallest absolute Gasteiger partial charge is 0.190 e. The molecule has 3 rings (SSSR count). The van der Waals surface area contributed by atoms with Crippen LogP contribution in [0.4, 0.5) is 0 Å². The lowest BCUT2D eigenvalue weighted by Gasteiger charge is -2.15. The van der Waals surface area contributed by atoms with Crippen molar-refractivity contribution < 1.29 is 9.47 Å². The number of hydrogen-bond acceptors (Lipinski definition) is 3. The Kier molecular flexibility index (Phi) is 4.13. The number of benzene rings is 2. The van der Waals surface area contributed by atoms with Crippen molar-refractivity contribution in [1.29, 1.82) is 0 Å². The van der Waals surface area contributed by atoms with Crippen molar-refractivity contribution in [3.05, 3.63) is 64.8 Å². The Hall–Kier alpha value is -3.01. The Bertz CT molecular complexity index is 986. The van der Waals surface area contributed by atoms with Gasteiger partial charge in [0.2, 0.25) is 0 Å². The average molecular weight is 321 g/mol. The Morgan fingerprint density at radius 1 is 1.04 bits per heavy atom. The number of aryl methyl sites for hydroxylation is 1. The molecule has 122 valence electrons. The van der Waals surface area contributed by atoms with Crippen LogP contribution in [-0.4, -0.2) is 18.8 Å². The third-order valence-electron chi connectivity index (χ3n) is 4.18. The van der Waals surface area contributed by atoms with Gasteiger partial charge in [-0.3, -0.25) is 4.79 Å². The Balaban J connectivity index is 2.37. The summed E-state index contributed by atoms with van der Waals surface area (Å²) in [6.07, 6.45) is 1.68. The van der Waals surface area contributed by atoms with E-state index in [2.05, 4.69) is 6.58 Å². The van der Waals surface area contributed by atoms with Gasteiger partial charge in [0, 0.05) is 24.7 Å². The highest BCUT2D eigenvalue weighted by Crippen LogP contribution is 2.29. The first kappa shape index (κ1) is 15.9. The van der Waals surface area contributed by atoms with E-state index < -0.39 is 0 Å². The van der Waals surface area contributed by atoms with Crippen LogP contribution in [0.2, 0.25) is 0 Å². The minimum Gasteiger partial charge on any atom is -0.497 e. The lowest BCUT2D eigenvalue weighted by molar-refractivity contribution is 0.415. The van der Waals surface area contributed by atoms with Crippen molar-refractivity contribution in [2.45, 2.75) is 0 Å². The third kappa shape index (κ3) is 2.56. The van der Waals surface area contributed by atoms with Crippen LogP contribution in [0.3, 0.4) is 0 Å². The van der Waals surface area contributed by atoms with Gasteiger partial charge in [-0.25, -0.2) is 0 Å². The maximum absolute atomic E-state index is 12.7. The van der Waals surface area contributed by atoms with Gasteiger partial charge in [-0.05, 0) is 23.8 Å². The fourth-order valence-electron chi connectivity index (χ4n) is 2.92. The summed E-state index contributed by atoms with van der Waals surface area (Å²) in [6, 6.07) is 13.0. The molecule has 1 aromatic heterocycles. The van der Waals surface area contributed by atoms with Crippen LogP contribution in [0.1, 0.15) is 5.56 Å². The van der Waals surface area contributed by atoms with Crippen LogP contribution in [0.25, 0.3) is 28.2 Å². The molecule has 0 saturated carbocycles. The molecule has 3 aromatic rings. The summed E-state index contributed by atoms with van der Waals surface area (Å²) < 4.78 is 12.6. The van der Waals surface area contributed by atoms with E-state index in [9.17, 15) is 4.79 Å². The summed E-state index contributed by atoms with van der Waals surface area (Å²) in [5, 5.41) is 0.639. The lowest BCUT2D eigenvalue weighted by Crippen LogP contribution is -2.10. The predicted octanol–water partition coefficient (Wildman–Crippen LogP) is 3.87. The molecule has 1 heterocycles. The maximum atomic E-state index is 12.7. The molecule has 0 fully saturated rings. The van der Waals surface area contributed by atoms with Crippen molar-refractivity contribution >= 4 is 17.0 Å². The van der Waals surface area contributed by atoms with Crippen LogP contribution in [0.5, 0.6) is 11.5 Å². The molecule has 0 aliphatic rings. The van der Waals surface area contributed by atoms with E-state index in [1.807, 2.05) is 48.0 Å². The summed E-state index contributed by atoms with van der Waals surface area (Å²) in [5.41, 5.74) is 3.25. The second-order valence-corrected chi connectivity index (χ2v) is 5.50. The largest absolute Gasteiger partial charge is 0.497 e. The SMILES string of the molecule is C=Cc1cc(OC)cc2c1c(=O)cc(-c1cccc(OC)c1)n2C. The minimum atomic E-state index is -0.0431. The molecule has 4 nitrogen and oxygen atoms in total. The molecule has 0 aliphatic heterocycles. The molecule has 0 atom stereocenters. The van der Waals surface area contributed by atoms with Crippen molar-refractivity contribution in [1.82, 2.24) is 4.57 Å². The van der Waals surface area contributed by atoms with E-state index in [4.69, 9.17) is 9.47 Å². The van der Waals surface area contributed by atoms with Gasteiger partial charge in [-0.2, -0.15) is 0 Å². The van der Waals surface area contributed by atoms with Gasteiger partial charge in [0.15, 0.2) is 5.43 Å². The van der Waals surface area contributed by atoms with E-state index in [-0.39, 0.29) is 5.43 Å². The van der Waals surface area contributed by atoms with Gasteiger partial charge in [-0.15, -0.1) is 0 Å². The number of hydrogen-bond donors (Lipinski definition) is 0. The topological polar surface area (TPSA) is 40.5 Å². The van der Waals surface area contributed by atoms with Crippen LogP contribution in [-0.2, 0) is 7.05 Å². The van der Waals surface area contributed by atoms with Crippen LogP contribution < -0.4 is 14.9 Å². The number of ether oxygens (including phenoxy) is 2. The molecule has 0 radical (unpaired) electrons. The zero-order valence-electron chi connectivity index (χ0n) is 14.0. The van der Waals surface area contributed by atoms with E-state index in [1.165, 1.54) is 0 Å². The third-order valence-corrected chi connectivity index (χ3v) is 4.18. The van der Waals surface area contributed by atoms with Crippen molar-refractivity contribution in [2.75, 3.05) is 14.2 Å². The molecular weight excluding hydrogens is 302 g/mol. The lowest BCUT2D eigenvalue weighted by atomic mass is 10.0. The number of methoxy groups -OCH3 is 2. The summed E-state index contributed by atoms with van der Waals surface area (Å²) in [5.74, 6) is 1.44. The second-order valence-electron chi connectivity index (χ2n) is 5.50. The highest BCUT2D eigenvalue weighted by atomic mass is 16.5. The first-order chi connectivity index (χ1) is 11.6. The van der Waals surface area contributed by atoms with Gasteiger partial charge < -0.3 is 14.0 Å². The Labute approximate surface area is 140 Å². The number of nitrogens with zero attached hydrogens (tertiary/aromatic N) is 1. The van der Waals surface area contributed by atoms with Crippen molar-refractivity contribution in [3.8, 4) is 22.8 Å².